The Bertz CT molecular complexity index is 1260. The molecule has 1 aromatic carbocycles. The molecule has 0 saturated heterocycles. The molecule has 4 heterocycles. The van der Waals surface area contributed by atoms with Crippen molar-refractivity contribution in [2.24, 2.45) is 0 Å². The van der Waals surface area contributed by atoms with Crippen LogP contribution < -0.4 is 0 Å². The van der Waals surface area contributed by atoms with E-state index in [1.54, 1.807) is 24.9 Å². The third kappa shape index (κ3) is 2.42. The molecule has 132 valence electrons. The van der Waals surface area contributed by atoms with Crippen LogP contribution in [-0.2, 0) is 0 Å². The van der Waals surface area contributed by atoms with Crippen LogP contribution >= 0.6 is 0 Å². The van der Waals surface area contributed by atoms with Crippen molar-refractivity contribution in [1.82, 2.24) is 25.1 Å². The molecule has 0 aliphatic carbocycles. The number of halogens is 2. The lowest BCUT2D eigenvalue weighted by Gasteiger charge is -2.04. The highest BCUT2D eigenvalue weighted by Crippen LogP contribution is 2.38. The van der Waals surface area contributed by atoms with E-state index < -0.39 is 11.6 Å². The van der Waals surface area contributed by atoms with Crippen LogP contribution in [0.15, 0.2) is 59.9 Å². The molecule has 6 nitrogen and oxygen atoms in total. The van der Waals surface area contributed by atoms with E-state index in [0.29, 0.717) is 22.5 Å². The van der Waals surface area contributed by atoms with Gasteiger partial charge < -0.3 is 14.5 Å². The van der Waals surface area contributed by atoms with Crippen LogP contribution in [0.25, 0.3) is 44.7 Å². The maximum absolute atomic E-state index is 14.3. The van der Waals surface area contributed by atoms with Gasteiger partial charge in [-0.2, -0.15) is 0 Å². The largest absolute Gasteiger partial charge is 0.356 e. The Labute approximate surface area is 150 Å². The van der Waals surface area contributed by atoms with Crippen molar-refractivity contribution in [1.29, 1.82) is 0 Å². The summed E-state index contributed by atoms with van der Waals surface area (Å²) in [6.07, 6.45) is 8.06. The Morgan fingerprint density at radius 1 is 0.963 bits per heavy atom. The number of nitrogens with zero attached hydrogens (tertiary/aromatic N) is 3. The summed E-state index contributed by atoms with van der Waals surface area (Å²) in [4.78, 5) is 14.5. The maximum Gasteiger partial charge on any atom is 0.176 e. The first kappa shape index (κ1) is 15.4. The van der Waals surface area contributed by atoms with Crippen molar-refractivity contribution in [2.45, 2.75) is 0 Å². The van der Waals surface area contributed by atoms with Gasteiger partial charge in [-0.1, -0.05) is 17.3 Å². The van der Waals surface area contributed by atoms with Gasteiger partial charge in [0.25, 0.3) is 0 Å². The molecule has 27 heavy (non-hydrogen) atoms. The first-order valence-electron chi connectivity index (χ1n) is 8.07. The van der Waals surface area contributed by atoms with Crippen molar-refractivity contribution in [2.75, 3.05) is 0 Å². The molecule has 0 spiro atoms. The highest BCUT2D eigenvalue weighted by molar-refractivity contribution is 5.97. The molecule has 0 bridgehead atoms. The third-order valence-electron chi connectivity index (χ3n) is 4.40. The molecule has 0 atom stereocenters. The van der Waals surface area contributed by atoms with E-state index in [-0.39, 0.29) is 5.56 Å². The Hall–Kier alpha value is -3.81. The lowest BCUT2D eigenvalue weighted by Crippen LogP contribution is -1.89. The van der Waals surface area contributed by atoms with E-state index in [9.17, 15) is 8.78 Å². The predicted molar refractivity (Wildman–Crippen MR) is 94.5 cm³/mol. The van der Waals surface area contributed by atoms with E-state index in [1.807, 2.05) is 6.07 Å². The number of nitrogens with one attached hydrogen (secondary N) is 2. The number of rotatable bonds is 3. The first-order valence-corrected chi connectivity index (χ1v) is 8.07. The van der Waals surface area contributed by atoms with Crippen LogP contribution in [0.2, 0.25) is 0 Å². The molecule has 4 aromatic heterocycles. The number of imidazole rings is 1. The fourth-order valence-electron chi connectivity index (χ4n) is 3.09. The molecule has 0 amide bonds. The lowest BCUT2D eigenvalue weighted by molar-refractivity contribution is 0.432. The van der Waals surface area contributed by atoms with E-state index in [2.05, 4.69) is 25.1 Å². The molecule has 0 radical (unpaired) electrons. The van der Waals surface area contributed by atoms with E-state index >= 15 is 0 Å². The monoisotopic (exact) mass is 363 g/mol. The van der Waals surface area contributed by atoms with E-state index in [4.69, 9.17) is 4.52 Å². The summed E-state index contributed by atoms with van der Waals surface area (Å²) in [5.74, 6) is -1.55. The normalized spacial score (nSPS) is 11.3. The number of aromatic amines is 2. The van der Waals surface area contributed by atoms with Crippen LogP contribution in [0.5, 0.6) is 0 Å². The molecule has 0 saturated carbocycles. The van der Waals surface area contributed by atoms with Crippen LogP contribution in [0.1, 0.15) is 0 Å². The van der Waals surface area contributed by atoms with Gasteiger partial charge in [0.05, 0.1) is 30.0 Å². The zero-order valence-corrected chi connectivity index (χ0v) is 13.7. The SMILES string of the molecule is Fc1cccc(-c2cnoc2-c2c[nH]c3ncc(-c4cnc[nH]4)cc23)c1F. The van der Waals surface area contributed by atoms with E-state index in [0.717, 1.165) is 22.7 Å². The summed E-state index contributed by atoms with van der Waals surface area (Å²) in [6.45, 7) is 0. The number of hydrogen-bond acceptors (Lipinski definition) is 4. The minimum Gasteiger partial charge on any atom is -0.356 e. The van der Waals surface area contributed by atoms with Crippen molar-refractivity contribution < 1.29 is 13.3 Å². The Morgan fingerprint density at radius 3 is 2.74 bits per heavy atom. The summed E-state index contributed by atoms with van der Waals surface area (Å²) < 4.78 is 33.3. The topological polar surface area (TPSA) is 83.4 Å². The predicted octanol–water partition coefficient (Wildman–Crippen LogP) is 4.55. The Morgan fingerprint density at radius 2 is 1.89 bits per heavy atom. The average Bonchev–Trinajstić information content (AvgIpc) is 3.43. The van der Waals surface area contributed by atoms with Gasteiger partial charge in [-0.3, -0.25) is 0 Å². The summed E-state index contributed by atoms with van der Waals surface area (Å²) in [5, 5.41) is 4.55. The highest BCUT2D eigenvalue weighted by Gasteiger charge is 2.21. The average molecular weight is 363 g/mol. The number of fused-ring (bicyclic) bond motifs is 1. The zero-order valence-electron chi connectivity index (χ0n) is 13.7. The number of pyridine rings is 1. The van der Waals surface area contributed by atoms with E-state index in [1.165, 1.54) is 18.3 Å². The summed E-state index contributed by atoms with van der Waals surface area (Å²) in [5.41, 5.74) is 3.37. The van der Waals surface area contributed by atoms with Crippen molar-refractivity contribution in [3.63, 3.8) is 0 Å². The number of benzene rings is 1. The molecular weight excluding hydrogens is 352 g/mol. The minimum atomic E-state index is -0.946. The van der Waals surface area contributed by atoms with Gasteiger partial charge in [-0.25, -0.2) is 18.7 Å². The van der Waals surface area contributed by atoms with Gasteiger partial charge in [0.1, 0.15) is 5.65 Å². The van der Waals surface area contributed by atoms with Gasteiger partial charge in [0.2, 0.25) is 0 Å². The van der Waals surface area contributed by atoms with Gasteiger partial charge in [0.15, 0.2) is 17.4 Å². The summed E-state index contributed by atoms with van der Waals surface area (Å²) >= 11 is 0. The molecule has 0 aliphatic rings. The molecule has 5 rings (SSSR count). The smallest absolute Gasteiger partial charge is 0.176 e. The molecular formula is C19H11F2N5O. The second-order valence-electron chi connectivity index (χ2n) is 5.96. The molecule has 2 N–H and O–H groups in total. The zero-order chi connectivity index (χ0) is 18.4. The maximum atomic E-state index is 14.3. The second-order valence-corrected chi connectivity index (χ2v) is 5.96. The van der Waals surface area contributed by atoms with Crippen LogP contribution in [-0.4, -0.2) is 25.1 Å². The number of aromatic nitrogens is 5. The molecule has 5 aromatic rings. The summed E-state index contributed by atoms with van der Waals surface area (Å²) in [6, 6.07) is 5.91. The molecule has 8 heteroatoms. The second kappa shape index (κ2) is 5.87. The van der Waals surface area contributed by atoms with Crippen LogP contribution in [0, 0.1) is 11.6 Å². The highest BCUT2D eigenvalue weighted by atomic mass is 19.2. The molecule has 0 unspecified atom stereocenters. The summed E-state index contributed by atoms with van der Waals surface area (Å²) in [7, 11) is 0. The fraction of sp³-hybridized carbons (Fsp3) is 0. The standard InChI is InChI=1S/C19H11F2N5O/c20-15-3-1-2-11(17(15)21)14-7-26-27-18(14)13-6-24-19-12(13)4-10(5-23-19)16-8-22-9-25-16/h1-9H,(H,22,25)(H,23,24). The van der Waals surface area contributed by atoms with Crippen LogP contribution in [0.4, 0.5) is 8.78 Å². The Balaban J connectivity index is 1.70. The third-order valence-corrected chi connectivity index (χ3v) is 4.40. The van der Waals surface area contributed by atoms with Crippen molar-refractivity contribution in [3.8, 4) is 33.7 Å². The number of hydrogen-bond donors (Lipinski definition) is 2. The first-order chi connectivity index (χ1) is 13.2. The minimum absolute atomic E-state index is 0.0817. The van der Waals surface area contributed by atoms with Crippen molar-refractivity contribution in [3.05, 3.63) is 67.0 Å². The molecule has 0 fully saturated rings. The molecule has 0 aliphatic heterocycles. The number of H-pyrrole nitrogens is 2. The lowest BCUT2D eigenvalue weighted by atomic mass is 10.0. The van der Waals surface area contributed by atoms with Crippen molar-refractivity contribution >= 4 is 11.0 Å². The van der Waals surface area contributed by atoms with Crippen LogP contribution in [0.3, 0.4) is 0 Å². The fourth-order valence-corrected chi connectivity index (χ4v) is 3.09. The van der Waals surface area contributed by atoms with Gasteiger partial charge in [0, 0.05) is 34.5 Å². The van der Waals surface area contributed by atoms with Gasteiger partial charge in [-0.15, -0.1) is 0 Å². The van der Waals surface area contributed by atoms with Gasteiger partial charge in [-0.05, 0) is 12.1 Å². The quantitative estimate of drug-likeness (QED) is 0.492. The van der Waals surface area contributed by atoms with Gasteiger partial charge >= 0.3 is 0 Å². The Kier molecular flexibility index (Phi) is 3.36.